The highest BCUT2D eigenvalue weighted by Gasteiger charge is 2.21. The summed E-state index contributed by atoms with van der Waals surface area (Å²) in [5, 5.41) is 13.2. The molecule has 1 heterocycles. The zero-order valence-corrected chi connectivity index (χ0v) is 13.5. The molecule has 1 aromatic rings. The van der Waals surface area contributed by atoms with E-state index in [0.717, 1.165) is 25.9 Å². The molecule has 0 aliphatic carbocycles. The van der Waals surface area contributed by atoms with Crippen molar-refractivity contribution in [3.63, 3.8) is 0 Å². The minimum Gasteiger partial charge on any atom is -0.389 e. The van der Waals surface area contributed by atoms with Crippen molar-refractivity contribution in [2.24, 2.45) is 0 Å². The number of aliphatic hydroxyl groups excluding tert-OH is 1. The maximum atomic E-state index is 13.6. The molecule has 1 unspecified atom stereocenters. The van der Waals surface area contributed by atoms with Crippen LogP contribution in [0.15, 0.2) is 24.3 Å². The Morgan fingerprint density at radius 1 is 1.32 bits per heavy atom. The van der Waals surface area contributed by atoms with Crippen molar-refractivity contribution in [1.29, 1.82) is 0 Å². The van der Waals surface area contributed by atoms with Crippen LogP contribution < -0.4 is 5.32 Å². The summed E-state index contributed by atoms with van der Waals surface area (Å²) in [4.78, 5) is 2.24. The summed E-state index contributed by atoms with van der Waals surface area (Å²) in [5.41, 5.74) is 0.575. The molecule has 1 saturated heterocycles. The number of nitrogens with one attached hydrogen (secondary N) is 1. The molecule has 1 aromatic carbocycles. The Morgan fingerprint density at radius 2 is 2.00 bits per heavy atom. The number of hydrogen-bond acceptors (Lipinski definition) is 4. The third kappa shape index (κ3) is 5.55. The van der Waals surface area contributed by atoms with E-state index in [4.69, 9.17) is 4.74 Å². The van der Waals surface area contributed by atoms with E-state index in [1.54, 1.807) is 12.1 Å². The number of aliphatic hydroxyl groups is 1. The molecule has 22 heavy (non-hydrogen) atoms. The number of rotatable bonds is 7. The predicted molar refractivity (Wildman–Crippen MR) is 86.6 cm³/mol. The van der Waals surface area contributed by atoms with Crippen LogP contribution >= 0.6 is 0 Å². The zero-order valence-electron chi connectivity index (χ0n) is 13.5. The van der Waals surface area contributed by atoms with Crippen molar-refractivity contribution in [3.05, 3.63) is 30.1 Å². The normalized spacial score (nSPS) is 18.6. The SMILES string of the molecule is CC(C)OCC(O)CN1CCC(Nc2ccccc2F)CC1. The standard InChI is InChI=1S/C17H27FN2O2/c1-13(2)22-12-15(21)11-20-9-7-14(8-10-20)19-17-6-4-3-5-16(17)18/h3-6,13-15,19,21H,7-12H2,1-2H3. The van der Waals surface area contributed by atoms with Crippen LogP contribution in [0.3, 0.4) is 0 Å². The number of nitrogens with zero attached hydrogens (tertiary/aromatic N) is 1. The Bertz CT molecular complexity index is 448. The number of benzene rings is 1. The number of piperidine rings is 1. The van der Waals surface area contributed by atoms with Crippen LogP contribution in [-0.4, -0.2) is 54.5 Å². The highest BCUT2D eigenvalue weighted by atomic mass is 19.1. The quantitative estimate of drug-likeness (QED) is 0.812. The summed E-state index contributed by atoms with van der Waals surface area (Å²) < 4.78 is 19.1. The second-order valence-electron chi connectivity index (χ2n) is 6.23. The summed E-state index contributed by atoms with van der Waals surface area (Å²) in [5.74, 6) is -0.203. The molecule has 0 aromatic heterocycles. The largest absolute Gasteiger partial charge is 0.389 e. The van der Waals surface area contributed by atoms with Gasteiger partial charge in [0, 0.05) is 25.7 Å². The van der Waals surface area contributed by atoms with E-state index in [0.29, 0.717) is 18.8 Å². The molecule has 0 spiro atoms. The number of ether oxygens (including phenoxy) is 1. The van der Waals surface area contributed by atoms with Crippen molar-refractivity contribution < 1.29 is 14.2 Å². The second kappa shape index (κ2) is 8.46. The van der Waals surface area contributed by atoms with Gasteiger partial charge < -0.3 is 20.1 Å². The van der Waals surface area contributed by atoms with Crippen molar-refractivity contribution >= 4 is 5.69 Å². The first-order valence-corrected chi connectivity index (χ1v) is 8.07. The van der Waals surface area contributed by atoms with Gasteiger partial charge in [0.25, 0.3) is 0 Å². The molecule has 1 fully saturated rings. The summed E-state index contributed by atoms with van der Waals surface area (Å²) in [7, 11) is 0. The van der Waals surface area contributed by atoms with Gasteiger partial charge in [-0.05, 0) is 38.8 Å². The predicted octanol–water partition coefficient (Wildman–Crippen LogP) is 2.49. The van der Waals surface area contributed by atoms with E-state index in [9.17, 15) is 9.50 Å². The van der Waals surface area contributed by atoms with Crippen LogP contribution in [0.4, 0.5) is 10.1 Å². The number of likely N-dealkylation sites (tertiary alicyclic amines) is 1. The molecule has 1 aliphatic heterocycles. The lowest BCUT2D eigenvalue weighted by atomic mass is 10.0. The Balaban J connectivity index is 1.70. The first-order valence-electron chi connectivity index (χ1n) is 8.07. The van der Waals surface area contributed by atoms with Crippen LogP contribution in [0.1, 0.15) is 26.7 Å². The minimum atomic E-state index is -0.446. The lowest BCUT2D eigenvalue weighted by molar-refractivity contribution is -0.0108. The summed E-state index contributed by atoms with van der Waals surface area (Å²) in [6.07, 6.45) is 1.60. The van der Waals surface area contributed by atoms with Crippen LogP contribution in [0.5, 0.6) is 0 Å². The fraction of sp³-hybridized carbons (Fsp3) is 0.647. The molecule has 0 radical (unpaired) electrons. The van der Waals surface area contributed by atoms with Crippen LogP contribution in [0.2, 0.25) is 0 Å². The molecule has 2 N–H and O–H groups in total. The fourth-order valence-corrected chi connectivity index (χ4v) is 2.71. The van der Waals surface area contributed by atoms with Crippen molar-refractivity contribution in [2.45, 2.75) is 44.9 Å². The molecule has 0 bridgehead atoms. The topological polar surface area (TPSA) is 44.7 Å². The highest BCUT2D eigenvalue weighted by Crippen LogP contribution is 2.19. The number of halogens is 1. The van der Waals surface area contributed by atoms with Gasteiger partial charge in [-0.1, -0.05) is 12.1 Å². The first kappa shape index (κ1) is 17.2. The molecule has 5 heteroatoms. The zero-order chi connectivity index (χ0) is 15.9. The molecule has 1 aliphatic rings. The summed E-state index contributed by atoms with van der Waals surface area (Å²) in [6.45, 7) is 6.76. The number of β-amino-alcohol motifs (C(OH)–C–C–N with tert-alkyl or cyclic N) is 1. The molecule has 2 rings (SSSR count). The Morgan fingerprint density at radius 3 is 2.64 bits per heavy atom. The molecule has 1 atom stereocenters. The molecule has 124 valence electrons. The second-order valence-corrected chi connectivity index (χ2v) is 6.23. The molecule has 4 nitrogen and oxygen atoms in total. The third-order valence-electron chi connectivity index (χ3n) is 3.91. The van der Waals surface area contributed by atoms with E-state index < -0.39 is 6.10 Å². The van der Waals surface area contributed by atoms with E-state index >= 15 is 0 Å². The van der Waals surface area contributed by atoms with Crippen molar-refractivity contribution in [1.82, 2.24) is 4.90 Å². The first-order chi connectivity index (χ1) is 10.5. The summed E-state index contributed by atoms with van der Waals surface area (Å²) in [6, 6.07) is 7.07. The third-order valence-corrected chi connectivity index (χ3v) is 3.91. The van der Waals surface area contributed by atoms with Gasteiger partial charge in [-0.25, -0.2) is 4.39 Å². The smallest absolute Gasteiger partial charge is 0.146 e. The van der Waals surface area contributed by atoms with Crippen LogP contribution in [-0.2, 0) is 4.74 Å². The van der Waals surface area contributed by atoms with E-state index in [1.807, 2.05) is 19.9 Å². The van der Waals surface area contributed by atoms with Gasteiger partial charge >= 0.3 is 0 Å². The van der Waals surface area contributed by atoms with Gasteiger partial charge in [-0.2, -0.15) is 0 Å². The monoisotopic (exact) mass is 310 g/mol. The van der Waals surface area contributed by atoms with Gasteiger partial charge in [-0.3, -0.25) is 0 Å². The number of anilines is 1. The van der Waals surface area contributed by atoms with Gasteiger partial charge in [0.15, 0.2) is 0 Å². The van der Waals surface area contributed by atoms with Crippen molar-refractivity contribution in [3.8, 4) is 0 Å². The van der Waals surface area contributed by atoms with Crippen LogP contribution in [0, 0.1) is 5.82 Å². The van der Waals surface area contributed by atoms with E-state index in [1.165, 1.54) is 6.07 Å². The maximum absolute atomic E-state index is 13.6. The number of hydrogen-bond donors (Lipinski definition) is 2. The average Bonchev–Trinajstić information content (AvgIpc) is 2.49. The lowest BCUT2D eigenvalue weighted by Gasteiger charge is -2.34. The minimum absolute atomic E-state index is 0.144. The Hall–Kier alpha value is -1.17. The molecule has 0 saturated carbocycles. The lowest BCUT2D eigenvalue weighted by Crippen LogP contribution is -2.43. The molecule has 0 amide bonds. The van der Waals surface area contributed by atoms with Crippen LogP contribution in [0.25, 0.3) is 0 Å². The molecular weight excluding hydrogens is 283 g/mol. The highest BCUT2D eigenvalue weighted by molar-refractivity contribution is 5.45. The average molecular weight is 310 g/mol. The van der Waals surface area contributed by atoms with Gasteiger partial charge in [0.1, 0.15) is 5.82 Å². The molecular formula is C17H27FN2O2. The summed E-state index contributed by atoms with van der Waals surface area (Å²) >= 11 is 0. The Kier molecular flexibility index (Phi) is 6.61. The van der Waals surface area contributed by atoms with Gasteiger partial charge in [-0.15, -0.1) is 0 Å². The number of para-hydroxylation sites is 1. The van der Waals surface area contributed by atoms with Gasteiger partial charge in [0.05, 0.1) is 24.5 Å². The van der Waals surface area contributed by atoms with E-state index in [2.05, 4.69) is 10.2 Å². The Labute approximate surface area is 132 Å². The van der Waals surface area contributed by atoms with Crippen molar-refractivity contribution in [2.75, 3.05) is 31.6 Å². The maximum Gasteiger partial charge on any atom is 0.146 e. The van der Waals surface area contributed by atoms with E-state index in [-0.39, 0.29) is 18.0 Å². The van der Waals surface area contributed by atoms with Gasteiger partial charge in [0.2, 0.25) is 0 Å². The fourth-order valence-electron chi connectivity index (χ4n) is 2.71.